The molecule has 1 aromatic carbocycles. The number of carbonyl (C=O) groups is 1. The minimum absolute atomic E-state index is 0.321. The second kappa shape index (κ2) is 7.14. The van der Waals surface area contributed by atoms with Crippen LogP contribution in [0.1, 0.15) is 18.9 Å². The van der Waals surface area contributed by atoms with Gasteiger partial charge < -0.3 is 15.0 Å². The summed E-state index contributed by atoms with van der Waals surface area (Å²) in [5.41, 5.74) is 1.01. The van der Waals surface area contributed by atoms with Crippen LogP contribution in [0.25, 0.3) is 0 Å². The van der Waals surface area contributed by atoms with Crippen molar-refractivity contribution >= 4 is 6.09 Å². The molecule has 2 rings (SSSR count). The molecule has 1 aromatic rings. The van der Waals surface area contributed by atoms with E-state index in [1.165, 1.54) is 0 Å². The summed E-state index contributed by atoms with van der Waals surface area (Å²) in [5, 5.41) is 2.85. The summed E-state index contributed by atoms with van der Waals surface area (Å²) in [5.74, 6) is 0.559. The number of nitrogens with zero attached hydrogens (tertiary/aromatic N) is 1. The zero-order chi connectivity index (χ0) is 13.5. The number of hydrogen-bond donors (Lipinski definition) is 1. The van der Waals surface area contributed by atoms with Gasteiger partial charge in [-0.1, -0.05) is 37.3 Å². The van der Waals surface area contributed by atoms with Crippen molar-refractivity contribution < 1.29 is 9.53 Å². The lowest BCUT2D eigenvalue weighted by molar-refractivity contribution is 0.138. The predicted octanol–water partition coefficient (Wildman–Crippen LogP) is 2.25. The summed E-state index contributed by atoms with van der Waals surface area (Å²) in [4.78, 5) is 14.0. The fraction of sp³-hybridized carbons (Fsp3) is 0.533. The third-order valence-corrected chi connectivity index (χ3v) is 3.57. The largest absolute Gasteiger partial charge is 0.445 e. The van der Waals surface area contributed by atoms with Crippen LogP contribution in [0, 0.1) is 5.92 Å². The number of rotatable bonds is 5. The number of hydrogen-bond acceptors (Lipinski definition) is 3. The first kappa shape index (κ1) is 13.9. The molecule has 104 valence electrons. The van der Waals surface area contributed by atoms with Gasteiger partial charge in [0.2, 0.25) is 0 Å². The van der Waals surface area contributed by atoms with Gasteiger partial charge in [0, 0.05) is 13.1 Å². The Bertz CT molecular complexity index is 394. The van der Waals surface area contributed by atoms with E-state index in [9.17, 15) is 4.79 Å². The first-order valence-corrected chi connectivity index (χ1v) is 6.95. The van der Waals surface area contributed by atoms with Crippen LogP contribution in [0.5, 0.6) is 0 Å². The molecule has 0 bridgehead atoms. The van der Waals surface area contributed by atoms with E-state index < -0.39 is 0 Å². The molecule has 1 amide bonds. The Kier molecular flexibility index (Phi) is 5.21. The molecule has 4 nitrogen and oxygen atoms in total. The van der Waals surface area contributed by atoms with Gasteiger partial charge in [-0.15, -0.1) is 0 Å². The van der Waals surface area contributed by atoms with E-state index in [0.29, 0.717) is 19.1 Å². The van der Waals surface area contributed by atoms with Gasteiger partial charge in [0.25, 0.3) is 0 Å². The normalized spacial score (nSPS) is 19.3. The Hall–Kier alpha value is -1.55. The van der Waals surface area contributed by atoms with Crippen LogP contribution in [0.3, 0.4) is 0 Å². The number of likely N-dealkylation sites (tertiary alicyclic amines) is 1. The van der Waals surface area contributed by atoms with Gasteiger partial charge in [-0.25, -0.2) is 4.79 Å². The number of benzene rings is 1. The highest BCUT2D eigenvalue weighted by atomic mass is 16.5. The van der Waals surface area contributed by atoms with Crippen molar-refractivity contribution in [3.63, 3.8) is 0 Å². The van der Waals surface area contributed by atoms with Crippen LogP contribution in [0.15, 0.2) is 30.3 Å². The molecule has 1 heterocycles. The van der Waals surface area contributed by atoms with Crippen LogP contribution in [0.2, 0.25) is 0 Å². The molecule has 1 atom stereocenters. The molecule has 1 unspecified atom stereocenters. The maximum Gasteiger partial charge on any atom is 0.407 e. The Morgan fingerprint density at radius 3 is 2.89 bits per heavy atom. The van der Waals surface area contributed by atoms with Crippen molar-refractivity contribution in [1.82, 2.24) is 10.2 Å². The van der Waals surface area contributed by atoms with E-state index >= 15 is 0 Å². The Morgan fingerprint density at radius 2 is 2.21 bits per heavy atom. The molecule has 19 heavy (non-hydrogen) atoms. The highest BCUT2D eigenvalue weighted by molar-refractivity contribution is 5.67. The summed E-state index contributed by atoms with van der Waals surface area (Å²) in [6, 6.07) is 9.72. The van der Waals surface area contributed by atoms with Crippen LogP contribution in [-0.2, 0) is 11.3 Å². The number of carbonyl (C=O) groups excluding carboxylic acids is 1. The fourth-order valence-electron chi connectivity index (χ4n) is 2.37. The third kappa shape index (κ3) is 4.56. The lowest BCUT2D eigenvalue weighted by Gasteiger charge is -2.13. The topological polar surface area (TPSA) is 41.6 Å². The van der Waals surface area contributed by atoms with Gasteiger partial charge in [0.1, 0.15) is 6.61 Å². The maximum absolute atomic E-state index is 11.6. The second-order valence-electron chi connectivity index (χ2n) is 4.99. The van der Waals surface area contributed by atoms with Crippen molar-refractivity contribution in [3.05, 3.63) is 35.9 Å². The summed E-state index contributed by atoms with van der Waals surface area (Å²) in [7, 11) is 0. The van der Waals surface area contributed by atoms with Crippen molar-refractivity contribution in [2.75, 3.05) is 26.2 Å². The first-order chi connectivity index (χ1) is 9.28. The first-order valence-electron chi connectivity index (χ1n) is 6.95. The van der Waals surface area contributed by atoms with Crippen molar-refractivity contribution in [3.8, 4) is 0 Å². The fourth-order valence-corrected chi connectivity index (χ4v) is 2.37. The number of alkyl carbamates (subject to hydrolysis) is 1. The Balaban J connectivity index is 1.63. The van der Waals surface area contributed by atoms with E-state index in [1.54, 1.807) is 0 Å². The quantitative estimate of drug-likeness (QED) is 0.885. The van der Waals surface area contributed by atoms with Gasteiger partial charge in [-0.2, -0.15) is 0 Å². The molecule has 1 N–H and O–H groups in total. The molecule has 1 fully saturated rings. The summed E-state index contributed by atoms with van der Waals surface area (Å²) in [6.45, 7) is 6.53. The standard InChI is InChI=1S/C15H22N2O2/c1-2-17-9-8-14(11-17)10-16-15(18)19-12-13-6-4-3-5-7-13/h3-7,14H,2,8-12H2,1H3,(H,16,18). The number of amides is 1. The molecule has 0 aromatic heterocycles. The molecular weight excluding hydrogens is 240 g/mol. The number of ether oxygens (including phenoxy) is 1. The molecule has 0 radical (unpaired) electrons. The van der Waals surface area contributed by atoms with Crippen molar-refractivity contribution in [2.24, 2.45) is 5.92 Å². The van der Waals surface area contributed by atoms with Crippen LogP contribution < -0.4 is 5.32 Å². The smallest absolute Gasteiger partial charge is 0.407 e. The molecule has 0 spiro atoms. The van der Waals surface area contributed by atoms with Gasteiger partial charge >= 0.3 is 6.09 Å². The molecule has 0 aliphatic carbocycles. The van der Waals surface area contributed by atoms with Crippen LogP contribution in [0.4, 0.5) is 4.79 Å². The maximum atomic E-state index is 11.6. The predicted molar refractivity (Wildman–Crippen MR) is 74.9 cm³/mol. The summed E-state index contributed by atoms with van der Waals surface area (Å²) >= 11 is 0. The van der Waals surface area contributed by atoms with E-state index in [-0.39, 0.29) is 6.09 Å². The molecular formula is C15H22N2O2. The summed E-state index contributed by atoms with van der Waals surface area (Å²) in [6.07, 6.45) is 0.839. The van der Waals surface area contributed by atoms with Gasteiger partial charge in [0.15, 0.2) is 0 Å². The second-order valence-corrected chi connectivity index (χ2v) is 4.99. The zero-order valence-electron chi connectivity index (χ0n) is 11.5. The highest BCUT2D eigenvalue weighted by Gasteiger charge is 2.21. The average molecular weight is 262 g/mol. The van der Waals surface area contributed by atoms with Gasteiger partial charge in [-0.05, 0) is 31.0 Å². The lowest BCUT2D eigenvalue weighted by atomic mass is 10.1. The Labute approximate surface area is 114 Å². The van der Waals surface area contributed by atoms with E-state index in [0.717, 1.165) is 31.6 Å². The van der Waals surface area contributed by atoms with E-state index in [4.69, 9.17) is 4.74 Å². The average Bonchev–Trinajstić information content (AvgIpc) is 2.92. The molecule has 1 aliphatic rings. The van der Waals surface area contributed by atoms with Gasteiger partial charge in [-0.3, -0.25) is 0 Å². The molecule has 1 saturated heterocycles. The SMILES string of the molecule is CCN1CCC(CNC(=O)OCc2ccccc2)C1. The molecule has 0 saturated carbocycles. The van der Waals surface area contributed by atoms with Crippen LogP contribution >= 0.6 is 0 Å². The van der Waals surface area contributed by atoms with Crippen molar-refractivity contribution in [2.45, 2.75) is 20.0 Å². The number of nitrogens with one attached hydrogen (secondary N) is 1. The Morgan fingerprint density at radius 1 is 1.42 bits per heavy atom. The monoisotopic (exact) mass is 262 g/mol. The van der Waals surface area contributed by atoms with Crippen molar-refractivity contribution in [1.29, 1.82) is 0 Å². The van der Waals surface area contributed by atoms with E-state index in [2.05, 4.69) is 17.1 Å². The summed E-state index contributed by atoms with van der Waals surface area (Å²) < 4.78 is 5.18. The minimum atomic E-state index is -0.321. The molecule has 4 heteroatoms. The third-order valence-electron chi connectivity index (χ3n) is 3.57. The lowest BCUT2D eigenvalue weighted by Crippen LogP contribution is -2.31. The van der Waals surface area contributed by atoms with Gasteiger partial charge in [0.05, 0.1) is 0 Å². The van der Waals surface area contributed by atoms with Crippen LogP contribution in [-0.4, -0.2) is 37.2 Å². The van der Waals surface area contributed by atoms with E-state index in [1.807, 2.05) is 30.3 Å². The molecule has 1 aliphatic heterocycles. The minimum Gasteiger partial charge on any atom is -0.445 e. The zero-order valence-corrected chi connectivity index (χ0v) is 11.5. The highest BCUT2D eigenvalue weighted by Crippen LogP contribution is 2.14.